The van der Waals surface area contributed by atoms with Gasteiger partial charge in [-0.25, -0.2) is 4.39 Å². The zero-order chi connectivity index (χ0) is 23.0. The summed E-state index contributed by atoms with van der Waals surface area (Å²) in [5.74, 6) is 1.47. The summed E-state index contributed by atoms with van der Waals surface area (Å²) in [6, 6.07) is 9.51. The van der Waals surface area contributed by atoms with Crippen LogP contribution in [0.2, 0.25) is 0 Å². The van der Waals surface area contributed by atoms with E-state index in [-0.39, 0.29) is 35.5 Å². The Labute approximate surface area is 193 Å². The maximum Gasteiger partial charge on any atom is 0.230 e. The van der Waals surface area contributed by atoms with E-state index in [1.54, 1.807) is 24.5 Å². The molecule has 0 spiro atoms. The van der Waals surface area contributed by atoms with Gasteiger partial charge in [-0.15, -0.1) is 0 Å². The van der Waals surface area contributed by atoms with E-state index in [1.807, 2.05) is 12.1 Å². The lowest BCUT2D eigenvalue weighted by Crippen LogP contribution is -2.60. The number of hydrogen-bond donors (Lipinski definition) is 3. The van der Waals surface area contributed by atoms with Crippen molar-refractivity contribution in [1.29, 1.82) is 0 Å². The number of hydrogen-bond acceptors (Lipinski definition) is 4. The first-order valence-corrected chi connectivity index (χ1v) is 11.9. The molecule has 0 aliphatic heterocycles. The van der Waals surface area contributed by atoms with Gasteiger partial charge in [0, 0.05) is 30.7 Å². The summed E-state index contributed by atoms with van der Waals surface area (Å²) < 4.78 is 13.1. The summed E-state index contributed by atoms with van der Waals surface area (Å²) in [4.78, 5) is 29.7. The summed E-state index contributed by atoms with van der Waals surface area (Å²) in [6.07, 6.45) is 8.56. The van der Waals surface area contributed by atoms with E-state index in [4.69, 9.17) is 5.73 Å². The number of rotatable bonds is 7. The van der Waals surface area contributed by atoms with Crippen LogP contribution in [0, 0.1) is 34.9 Å². The molecule has 1 aromatic heterocycles. The van der Waals surface area contributed by atoms with Crippen LogP contribution in [-0.2, 0) is 16.0 Å². The third-order valence-corrected chi connectivity index (χ3v) is 8.07. The molecule has 7 heteroatoms. The molecule has 4 aliphatic carbocycles. The summed E-state index contributed by atoms with van der Waals surface area (Å²) in [7, 11) is 0. The number of benzene rings is 1. The molecule has 6 rings (SSSR count). The van der Waals surface area contributed by atoms with Gasteiger partial charge in [-0.2, -0.15) is 0 Å². The molecule has 0 radical (unpaired) electrons. The summed E-state index contributed by atoms with van der Waals surface area (Å²) >= 11 is 0. The Morgan fingerprint density at radius 1 is 1.06 bits per heavy atom. The van der Waals surface area contributed by atoms with Crippen LogP contribution in [-0.4, -0.2) is 29.4 Å². The molecule has 4 saturated carbocycles. The summed E-state index contributed by atoms with van der Waals surface area (Å²) in [5, 5.41) is 6.10. The minimum Gasteiger partial charge on any atom is -0.354 e. The lowest BCUT2D eigenvalue weighted by Gasteiger charge is -2.60. The highest BCUT2D eigenvalue weighted by Gasteiger charge is 2.59. The van der Waals surface area contributed by atoms with Crippen molar-refractivity contribution in [3.05, 3.63) is 60.2 Å². The van der Waals surface area contributed by atoms with Crippen molar-refractivity contribution in [2.45, 2.75) is 44.6 Å². The monoisotopic (exact) mass is 450 g/mol. The average molecular weight is 451 g/mol. The van der Waals surface area contributed by atoms with Crippen molar-refractivity contribution in [3.63, 3.8) is 0 Å². The second-order valence-electron chi connectivity index (χ2n) is 10.3. The second-order valence-corrected chi connectivity index (χ2v) is 10.3. The van der Waals surface area contributed by atoms with E-state index in [0.717, 1.165) is 43.4 Å². The van der Waals surface area contributed by atoms with Crippen LogP contribution in [0.5, 0.6) is 0 Å². The van der Waals surface area contributed by atoms with Crippen molar-refractivity contribution in [2.24, 2.45) is 34.8 Å². The van der Waals surface area contributed by atoms with Crippen LogP contribution >= 0.6 is 0 Å². The Balaban J connectivity index is 1.19. The number of aromatic nitrogens is 1. The van der Waals surface area contributed by atoms with E-state index in [0.29, 0.717) is 30.2 Å². The molecular weight excluding hydrogens is 419 g/mol. The van der Waals surface area contributed by atoms with Gasteiger partial charge in [0.15, 0.2) is 0 Å². The third kappa shape index (κ3) is 4.51. The Bertz CT molecular complexity index is 997. The van der Waals surface area contributed by atoms with Crippen LogP contribution < -0.4 is 16.4 Å². The van der Waals surface area contributed by atoms with Crippen molar-refractivity contribution in [1.82, 2.24) is 10.3 Å². The number of anilines is 1. The highest BCUT2D eigenvalue weighted by atomic mass is 19.1. The molecule has 1 heterocycles. The molecule has 3 atom stereocenters. The van der Waals surface area contributed by atoms with Gasteiger partial charge in [-0.3, -0.25) is 14.6 Å². The molecule has 4 fully saturated rings. The largest absolute Gasteiger partial charge is 0.354 e. The molecule has 174 valence electrons. The van der Waals surface area contributed by atoms with E-state index in [9.17, 15) is 14.0 Å². The molecular formula is C26H31FN4O2. The first kappa shape index (κ1) is 22.0. The maximum atomic E-state index is 13.3. The highest BCUT2D eigenvalue weighted by Crippen LogP contribution is 2.63. The minimum atomic E-state index is -0.310. The minimum absolute atomic E-state index is 0.103. The first-order valence-electron chi connectivity index (χ1n) is 11.9. The first-order chi connectivity index (χ1) is 15.9. The smallest absolute Gasteiger partial charge is 0.230 e. The predicted octanol–water partition coefficient (Wildman–Crippen LogP) is 3.29. The van der Waals surface area contributed by atoms with Crippen LogP contribution in [0.4, 0.5) is 10.1 Å². The molecule has 4 aliphatic rings. The van der Waals surface area contributed by atoms with Gasteiger partial charge in [0.2, 0.25) is 11.8 Å². The Morgan fingerprint density at radius 2 is 1.73 bits per heavy atom. The zero-order valence-electron chi connectivity index (χ0n) is 18.7. The molecule has 33 heavy (non-hydrogen) atoms. The fraction of sp³-hybridized carbons (Fsp3) is 0.500. The van der Waals surface area contributed by atoms with Crippen LogP contribution in [0.1, 0.15) is 37.7 Å². The lowest BCUT2D eigenvalue weighted by atomic mass is 9.45. The van der Waals surface area contributed by atoms with Crippen molar-refractivity contribution in [3.8, 4) is 0 Å². The lowest BCUT2D eigenvalue weighted by molar-refractivity contribution is -0.149. The normalized spacial score (nSPS) is 30.6. The molecule has 2 aromatic rings. The Morgan fingerprint density at radius 3 is 2.39 bits per heavy atom. The fourth-order valence-electron chi connectivity index (χ4n) is 6.96. The van der Waals surface area contributed by atoms with Gasteiger partial charge in [0.25, 0.3) is 0 Å². The predicted molar refractivity (Wildman–Crippen MR) is 123 cm³/mol. The van der Waals surface area contributed by atoms with Gasteiger partial charge in [0.1, 0.15) is 5.82 Å². The topological polar surface area (TPSA) is 97.1 Å². The average Bonchev–Trinajstić information content (AvgIpc) is 2.79. The van der Waals surface area contributed by atoms with Crippen LogP contribution in [0.25, 0.3) is 0 Å². The number of nitrogens with zero attached hydrogens (tertiary/aromatic N) is 1. The number of pyridine rings is 1. The number of carbonyl (C=O) groups excluding carboxylic acids is 2. The van der Waals surface area contributed by atoms with E-state index >= 15 is 0 Å². The van der Waals surface area contributed by atoms with Crippen LogP contribution in [0.15, 0.2) is 48.8 Å². The van der Waals surface area contributed by atoms with Crippen molar-refractivity contribution in [2.75, 3.05) is 11.9 Å². The SMILES string of the molecule is NC(CNC(=O)Cc1ccc(F)cc1)C1C2CC3CC1CC(C(=O)Nc1ccncc1)(C3)C2. The van der Waals surface area contributed by atoms with Gasteiger partial charge in [0.05, 0.1) is 11.8 Å². The fourth-order valence-corrected chi connectivity index (χ4v) is 6.96. The maximum absolute atomic E-state index is 13.3. The third-order valence-electron chi connectivity index (χ3n) is 8.07. The number of nitrogens with two attached hydrogens (primary N) is 1. The zero-order valence-corrected chi connectivity index (χ0v) is 18.7. The summed E-state index contributed by atoms with van der Waals surface area (Å²) in [6.45, 7) is 0.429. The second kappa shape index (κ2) is 8.86. The standard InChI is InChI=1S/C26H31FN4O2/c27-20-3-1-16(2-4-20)11-23(32)30-15-22(28)24-18-9-17-10-19(24)14-26(12-17,13-18)25(33)31-21-5-7-29-8-6-21/h1-8,17-19,22,24H,9-15,28H2,(H,30,32)(H,29,31,33). The number of nitrogens with one attached hydrogen (secondary N) is 2. The van der Waals surface area contributed by atoms with Gasteiger partial charge in [-0.1, -0.05) is 12.1 Å². The molecule has 1 aromatic carbocycles. The Hall–Kier alpha value is -2.80. The molecule has 2 amide bonds. The molecule has 4 N–H and O–H groups in total. The van der Waals surface area contributed by atoms with E-state index < -0.39 is 0 Å². The van der Waals surface area contributed by atoms with Gasteiger partial charge < -0.3 is 16.4 Å². The number of carbonyl (C=O) groups is 2. The summed E-state index contributed by atoms with van der Waals surface area (Å²) in [5.41, 5.74) is 7.90. The molecule has 4 bridgehead atoms. The quantitative estimate of drug-likeness (QED) is 0.603. The number of amides is 2. The Kier molecular flexibility index (Phi) is 5.91. The molecule has 6 nitrogen and oxygen atoms in total. The number of halogens is 1. The van der Waals surface area contributed by atoms with Gasteiger partial charge >= 0.3 is 0 Å². The van der Waals surface area contributed by atoms with Crippen molar-refractivity contribution < 1.29 is 14.0 Å². The van der Waals surface area contributed by atoms with E-state index in [2.05, 4.69) is 15.6 Å². The van der Waals surface area contributed by atoms with E-state index in [1.165, 1.54) is 12.1 Å². The van der Waals surface area contributed by atoms with Crippen LogP contribution in [0.3, 0.4) is 0 Å². The van der Waals surface area contributed by atoms with Crippen molar-refractivity contribution >= 4 is 17.5 Å². The van der Waals surface area contributed by atoms with Gasteiger partial charge in [-0.05, 0) is 85.6 Å². The highest BCUT2D eigenvalue weighted by molar-refractivity contribution is 5.95. The molecule has 0 saturated heterocycles. The molecule has 3 unspecified atom stereocenters.